The van der Waals surface area contributed by atoms with Gasteiger partial charge in [-0.25, -0.2) is 18.4 Å². The Hall–Kier alpha value is -3.29. The molecule has 1 aliphatic rings. The smallest absolute Gasteiger partial charge is 0.243 e. The highest BCUT2D eigenvalue weighted by Crippen LogP contribution is 2.31. The second kappa shape index (κ2) is 9.16. The van der Waals surface area contributed by atoms with Crippen molar-refractivity contribution in [2.75, 3.05) is 31.1 Å². The predicted molar refractivity (Wildman–Crippen MR) is 136 cm³/mol. The molecule has 0 amide bonds. The SMILES string of the molecule is Cc1cc2nc(-c3ccccc3)c(N3CCCN(S(=O)(=O)c4ccccc4)CC3)nc2cc1C. The van der Waals surface area contributed by atoms with E-state index in [2.05, 4.69) is 30.9 Å². The van der Waals surface area contributed by atoms with Crippen molar-refractivity contribution < 1.29 is 8.42 Å². The lowest BCUT2D eigenvalue weighted by Crippen LogP contribution is -2.35. The van der Waals surface area contributed by atoms with Gasteiger partial charge >= 0.3 is 0 Å². The van der Waals surface area contributed by atoms with Crippen LogP contribution in [0.25, 0.3) is 22.3 Å². The minimum Gasteiger partial charge on any atom is -0.353 e. The monoisotopic (exact) mass is 472 g/mol. The Kier molecular flexibility index (Phi) is 6.06. The molecule has 0 spiro atoms. The largest absolute Gasteiger partial charge is 0.353 e. The number of rotatable bonds is 4. The molecule has 0 radical (unpaired) electrons. The van der Waals surface area contributed by atoms with E-state index >= 15 is 0 Å². The van der Waals surface area contributed by atoms with Gasteiger partial charge in [-0.2, -0.15) is 4.31 Å². The molecular weight excluding hydrogens is 444 g/mol. The van der Waals surface area contributed by atoms with Gasteiger partial charge in [-0.05, 0) is 55.7 Å². The molecule has 5 rings (SSSR count). The van der Waals surface area contributed by atoms with Gasteiger partial charge in [0.25, 0.3) is 0 Å². The van der Waals surface area contributed by atoms with Gasteiger partial charge in [0.05, 0.1) is 15.9 Å². The van der Waals surface area contributed by atoms with Gasteiger partial charge < -0.3 is 4.90 Å². The van der Waals surface area contributed by atoms with Crippen molar-refractivity contribution in [3.63, 3.8) is 0 Å². The van der Waals surface area contributed by atoms with Crippen molar-refractivity contribution in [2.24, 2.45) is 0 Å². The Labute approximate surface area is 200 Å². The first kappa shape index (κ1) is 22.5. The molecule has 2 heterocycles. The van der Waals surface area contributed by atoms with Crippen LogP contribution in [0.3, 0.4) is 0 Å². The summed E-state index contributed by atoms with van der Waals surface area (Å²) >= 11 is 0. The molecule has 34 heavy (non-hydrogen) atoms. The highest BCUT2D eigenvalue weighted by atomic mass is 32.2. The van der Waals surface area contributed by atoms with Crippen molar-refractivity contribution >= 4 is 26.9 Å². The molecule has 4 aromatic rings. The van der Waals surface area contributed by atoms with Crippen LogP contribution in [0.1, 0.15) is 17.5 Å². The van der Waals surface area contributed by atoms with Gasteiger partial charge in [0, 0.05) is 31.7 Å². The molecular formula is C27H28N4O2S. The molecule has 7 heteroatoms. The van der Waals surface area contributed by atoms with E-state index in [-0.39, 0.29) is 0 Å². The fraction of sp³-hybridized carbons (Fsp3) is 0.259. The summed E-state index contributed by atoms with van der Waals surface area (Å²) in [7, 11) is -3.53. The topological polar surface area (TPSA) is 66.4 Å². The maximum atomic E-state index is 13.2. The summed E-state index contributed by atoms with van der Waals surface area (Å²) < 4.78 is 28.0. The van der Waals surface area contributed by atoms with Crippen LogP contribution in [-0.4, -0.2) is 48.9 Å². The van der Waals surface area contributed by atoms with E-state index in [1.54, 1.807) is 28.6 Å². The van der Waals surface area contributed by atoms with Gasteiger partial charge in [-0.3, -0.25) is 0 Å². The summed E-state index contributed by atoms with van der Waals surface area (Å²) in [4.78, 5) is 12.6. The maximum Gasteiger partial charge on any atom is 0.243 e. The van der Waals surface area contributed by atoms with E-state index in [0.717, 1.165) is 28.1 Å². The van der Waals surface area contributed by atoms with Crippen LogP contribution in [0.4, 0.5) is 5.82 Å². The van der Waals surface area contributed by atoms with E-state index in [4.69, 9.17) is 9.97 Å². The van der Waals surface area contributed by atoms with Crippen LogP contribution in [0, 0.1) is 13.8 Å². The average Bonchev–Trinajstić information content (AvgIpc) is 3.12. The number of nitrogens with zero attached hydrogens (tertiary/aromatic N) is 4. The summed E-state index contributed by atoms with van der Waals surface area (Å²) in [5.74, 6) is 0.806. The Morgan fingerprint density at radius 1 is 0.735 bits per heavy atom. The van der Waals surface area contributed by atoms with Crippen LogP contribution in [-0.2, 0) is 10.0 Å². The number of benzene rings is 3. The highest BCUT2D eigenvalue weighted by molar-refractivity contribution is 7.89. The number of aryl methyl sites for hydroxylation is 2. The lowest BCUT2D eigenvalue weighted by atomic mass is 10.1. The number of aromatic nitrogens is 2. The van der Waals surface area contributed by atoms with Crippen LogP contribution in [0.5, 0.6) is 0 Å². The van der Waals surface area contributed by atoms with Gasteiger partial charge in [0.2, 0.25) is 10.0 Å². The van der Waals surface area contributed by atoms with Gasteiger partial charge in [0.15, 0.2) is 5.82 Å². The second-order valence-corrected chi connectivity index (χ2v) is 10.7. The van der Waals surface area contributed by atoms with E-state index < -0.39 is 10.0 Å². The van der Waals surface area contributed by atoms with Crippen molar-refractivity contribution in [3.05, 3.63) is 83.9 Å². The molecule has 0 saturated carbocycles. The quantitative estimate of drug-likeness (QED) is 0.426. The standard InChI is InChI=1S/C27H28N4O2S/c1-20-18-24-25(19-21(20)2)29-27(26(28-24)22-10-5-3-6-11-22)30-14-9-15-31(17-16-30)34(32,33)23-12-7-4-8-13-23/h3-8,10-13,18-19H,9,14-17H2,1-2H3. The lowest BCUT2D eigenvalue weighted by molar-refractivity contribution is 0.433. The third-order valence-electron chi connectivity index (χ3n) is 6.44. The van der Waals surface area contributed by atoms with Crippen molar-refractivity contribution in [3.8, 4) is 11.3 Å². The Morgan fingerprint density at radius 3 is 2.03 bits per heavy atom. The van der Waals surface area contributed by atoms with E-state index in [0.29, 0.717) is 37.5 Å². The Balaban J connectivity index is 1.53. The Morgan fingerprint density at radius 2 is 1.35 bits per heavy atom. The molecule has 1 aromatic heterocycles. The molecule has 6 nitrogen and oxygen atoms in total. The van der Waals surface area contributed by atoms with Gasteiger partial charge in [-0.15, -0.1) is 0 Å². The minimum absolute atomic E-state index is 0.338. The molecule has 1 aliphatic heterocycles. The predicted octanol–water partition coefficient (Wildman–Crippen LogP) is 4.81. The van der Waals surface area contributed by atoms with Crippen LogP contribution >= 0.6 is 0 Å². The summed E-state index contributed by atoms with van der Waals surface area (Å²) in [6, 6.07) is 22.9. The van der Waals surface area contributed by atoms with E-state index in [1.165, 1.54) is 11.1 Å². The number of sulfonamides is 1. The molecule has 1 fully saturated rings. The zero-order valence-corrected chi connectivity index (χ0v) is 20.3. The summed E-state index contributed by atoms with van der Waals surface area (Å²) in [6.45, 7) is 6.32. The Bertz CT molecular complexity index is 1420. The minimum atomic E-state index is -3.53. The van der Waals surface area contributed by atoms with Crippen LogP contribution in [0.2, 0.25) is 0 Å². The number of fused-ring (bicyclic) bond motifs is 1. The molecule has 1 saturated heterocycles. The normalized spacial score (nSPS) is 15.4. The first-order valence-corrected chi connectivity index (χ1v) is 13.0. The van der Waals surface area contributed by atoms with Crippen molar-refractivity contribution in [1.29, 1.82) is 0 Å². The molecule has 0 bridgehead atoms. The number of anilines is 1. The third kappa shape index (κ3) is 4.29. The summed E-state index contributed by atoms with van der Waals surface area (Å²) in [5, 5.41) is 0. The first-order chi connectivity index (χ1) is 16.4. The molecule has 3 aromatic carbocycles. The number of hydrogen-bond acceptors (Lipinski definition) is 5. The zero-order chi connectivity index (χ0) is 23.7. The van der Waals surface area contributed by atoms with E-state index in [9.17, 15) is 8.42 Å². The fourth-order valence-corrected chi connectivity index (χ4v) is 5.89. The van der Waals surface area contributed by atoms with Crippen molar-refractivity contribution in [1.82, 2.24) is 14.3 Å². The fourth-order valence-electron chi connectivity index (χ4n) is 4.40. The summed E-state index contributed by atoms with van der Waals surface area (Å²) in [5.41, 5.74) is 5.92. The molecule has 0 atom stereocenters. The molecule has 174 valence electrons. The molecule has 0 N–H and O–H groups in total. The van der Waals surface area contributed by atoms with Crippen LogP contribution in [0.15, 0.2) is 77.7 Å². The summed E-state index contributed by atoms with van der Waals surface area (Å²) in [6.07, 6.45) is 0.715. The van der Waals surface area contributed by atoms with Crippen LogP contribution < -0.4 is 4.90 Å². The molecule has 0 unspecified atom stereocenters. The zero-order valence-electron chi connectivity index (χ0n) is 19.5. The maximum absolute atomic E-state index is 13.2. The lowest BCUT2D eigenvalue weighted by Gasteiger charge is -2.25. The van der Waals surface area contributed by atoms with Crippen molar-refractivity contribution in [2.45, 2.75) is 25.2 Å². The van der Waals surface area contributed by atoms with E-state index in [1.807, 2.05) is 36.4 Å². The van der Waals surface area contributed by atoms with Gasteiger partial charge in [0.1, 0.15) is 5.69 Å². The first-order valence-electron chi connectivity index (χ1n) is 11.6. The highest BCUT2D eigenvalue weighted by Gasteiger charge is 2.28. The average molecular weight is 473 g/mol. The van der Waals surface area contributed by atoms with Gasteiger partial charge in [-0.1, -0.05) is 48.5 Å². The molecule has 0 aliphatic carbocycles. The third-order valence-corrected chi connectivity index (χ3v) is 8.36. The number of hydrogen-bond donors (Lipinski definition) is 0. The second-order valence-electron chi connectivity index (χ2n) is 8.74.